The molecule has 2 N–H and O–H groups in total. The number of benzene rings is 1. The van der Waals surface area contributed by atoms with Crippen molar-refractivity contribution in [1.82, 2.24) is 0 Å². The highest BCUT2D eigenvalue weighted by atomic mass is 28.2. The Balaban J connectivity index is 2.32. The van der Waals surface area contributed by atoms with Gasteiger partial charge in [0, 0.05) is 14.0 Å². The second-order valence-electron chi connectivity index (χ2n) is 6.82. The summed E-state index contributed by atoms with van der Waals surface area (Å²) in [4.78, 5) is 11.8. The molecule has 0 fully saturated rings. The number of allylic oxidation sites excluding steroid dienone is 3. The first kappa shape index (κ1) is 16.8. The molecule has 1 amide bonds. The number of fused-ring (bicyclic) bond motifs is 1. The number of hydrogen-bond acceptors (Lipinski definition) is 1. The van der Waals surface area contributed by atoms with E-state index in [1.165, 1.54) is 5.17 Å². The molecule has 0 saturated carbocycles. The average molecular weight is 339 g/mol. The number of carbonyl (C=O) groups is 1. The minimum Gasteiger partial charge on any atom is -0.366 e. The molecule has 124 valence electrons. The van der Waals surface area contributed by atoms with Gasteiger partial charge in [0.2, 0.25) is 5.91 Å². The topological polar surface area (TPSA) is 43.1 Å². The van der Waals surface area contributed by atoms with Crippen molar-refractivity contribution in [2.45, 2.75) is 39.8 Å². The second kappa shape index (κ2) is 6.09. The van der Waals surface area contributed by atoms with Crippen molar-refractivity contribution in [3.8, 4) is 0 Å². The normalized spacial score (nSPS) is 16.8. The smallest absolute Gasteiger partial charge is 0.248 e. The highest BCUT2D eigenvalue weighted by Gasteiger charge is 2.26. The van der Waals surface area contributed by atoms with E-state index in [-0.39, 0.29) is 5.82 Å². The Kier molecular flexibility index (Phi) is 4.26. The summed E-state index contributed by atoms with van der Waals surface area (Å²) in [5.74, 6) is -0.544. The van der Waals surface area contributed by atoms with Crippen LogP contribution < -0.4 is 5.73 Å². The van der Waals surface area contributed by atoms with Gasteiger partial charge in [-0.1, -0.05) is 42.1 Å². The van der Waals surface area contributed by atoms with Crippen molar-refractivity contribution in [3.05, 3.63) is 57.4 Å². The van der Waals surface area contributed by atoms with E-state index in [0.29, 0.717) is 12.0 Å². The van der Waals surface area contributed by atoms with E-state index >= 15 is 0 Å². The molecule has 0 aliphatic heterocycles. The number of hydrogen-bond donors (Lipinski definition) is 1. The number of nitrogens with two attached hydrogens (primary N) is 1. The van der Waals surface area contributed by atoms with Crippen LogP contribution in [0.4, 0.5) is 4.39 Å². The first-order valence-corrected chi connectivity index (χ1v) is 10.7. The van der Waals surface area contributed by atoms with Crippen molar-refractivity contribution < 1.29 is 9.18 Å². The zero-order chi connectivity index (χ0) is 17.6. The Bertz CT molecular complexity index is 883. The van der Waals surface area contributed by atoms with Crippen LogP contribution in [-0.2, 0) is 11.2 Å². The Morgan fingerprint density at radius 2 is 1.96 bits per heavy atom. The summed E-state index contributed by atoms with van der Waals surface area (Å²) in [7, 11) is -0.704. The lowest BCUT2D eigenvalue weighted by Gasteiger charge is -2.24. The summed E-state index contributed by atoms with van der Waals surface area (Å²) < 4.78 is 14.2. The zero-order valence-electron chi connectivity index (χ0n) is 14.6. The van der Waals surface area contributed by atoms with E-state index < -0.39 is 14.3 Å². The summed E-state index contributed by atoms with van der Waals surface area (Å²) in [6.07, 6.45) is 5.43. The molecule has 0 spiro atoms. The molecule has 0 saturated heterocycles. The first-order chi connectivity index (χ1) is 11.3. The van der Waals surface area contributed by atoms with E-state index in [1.807, 2.05) is 26.0 Å². The van der Waals surface area contributed by atoms with Gasteiger partial charge in [-0.3, -0.25) is 4.79 Å². The maximum Gasteiger partial charge on any atom is 0.248 e. The quantitative estimate of drug-likeness (QED) is 0.816. The fourth-order valence-corrected chi connectivity index (χ4v) is 5.03. The monoisotopic (exact) mass is 339 g/mol. The molecule has 24 heavy (non-hydrogen) atoms. The molecule has 2 nitrogen and oxygen atoms in total. The molecule has 0 atom stereocenters. The Morgan fingerprint density at radius 3 is 2.58 bits per heavy atom. The molecule has 0 heterocycles. The van der Waals surface area contributed by atoms with Crippen LogP contribution in [0.2, 0.25) is 13.1 Å². The van der Waals surface area contributed by atoms with Gasteiger partial charge in [0.15, 0.2) is 0 Å². The lowest BCUT2D eigenvalue weighted by Crippen LogP contribution is -2.23. The average Bonchev–Trinajstić information content (AvgIpc) is 2.90. The Labute approximate surface area is 143 Å². The molecule has 0 aromatic heterocycles. The van der Waals surface area contributed by atoms with Crippen molar-refractivity contribution in [2.24, 2.45) is 5.73 Å². The molecule has 3 rings (SSSR count). The molecular formula is C20H22FNOSi. The SMILES string of the molecule is CC1=Cc2c(C3=C(C)C(C(N)=O)=CCC3=[Si](C)C)ccc(F)c2C1. The third-order valence-corrected chi connectivity index (χ3v) is 6.54. The molecule has 0 radical (unpaired) electrons. The minimum atomic E-state index is -0.704. The Hall–Kier alpha value is -2.07. The summed E-state index contributed by atoms with van der Waals surface area (Å²) >= 11 is 0. The Morgan fingerprint density at radius 1 is 1.25 bits per heavy atom. The van der Waals surface area contributed by atoms with Crippen LogP contribution in [0.15, 0.2) is 34.9 Å². The van der Waals surface area contributed by atoms with Gasteiger partial charge < -0.3 is 5.73 Å². The van der Waals surface area contributed by atoms with E-state index in [2.05, 4.69) is 19.2 Å². The third kappa shape index (κ3) is 2.65. The van der Waals surface area contributed by atoms with E-state index in [0.717, 1.165) is 39.8 Å². The first-order valence-electron chi connectivity index (χ1n) is 8.18. The van der Waals surface area contributed by atoms with Gasteiger partial charge >= 0.3 is 0 Å². The van der Waals surface area contributed by atoms with Gasteiger partial charge in [0.05, 0.1) is 0 Å². The number of halogens is 1. The van der Waals surface area contributed by atoms with Crippen LogP contribution in [0.1, 0.15) is 37.0 Å². The van der Waals surface area contributed by atoms with Crippen LogP contribution in [0.3, 0.4) is 0 Å². The van der Waals surface area contributed by atoms with Crippen LogP contribution in [0, 0.1) is 5.82 Å². The largest absolute Gasteiger partial charge is 0.366 e. The maximum atomic E-state index is 14.2. The molecule has 0 unspecified atom stereocenters. The number of primary amides is 1. The van der Waals surface area contributed by atoms with Crippen LogP contribution >= 0.6 is 0 Å². The summed E-state index contributed by atoms with van der Waals surface area (Å²) in [6, 6.07) is 3.41. The summed E-state index contributed by atoms with van der Waals surface area (Å²) in [5.41, 5.74) is 12.1. The molecule has 1 aromatic rings. The minimum absolute atomic E-state index is 0.151. The van der Waals surface area contributed by atoms with E-state index in [1.54, 1.807) is 6.07 Å². The highest BCUT2D eigenvalue weighted by molar-refractivity contribution is 6.77. The van der Waals surface area contributed by atoms with Crippen molar-refractivity contribution in [2.75, 3.05) is 0 Å². The maximum absolute atomic E-state index is 14.2. The van der Waals surface area contributed by atoms with Gasteiger partial charge in [-0.25, -0.2) is 4.39 Å². The van der Waals surface area contributed by atoms with E-state index in [9.17, 15) is 9.18 Å². The fourth-order valence-electron chi connectivity index (χ4n) is 3.70. The van der Waals surface area contributed by atoms with Gasteiger partial charge in [0.25, 0.3) is 0 Å². The summed E-state index contributed by atoms with van der Waals surface area (Å²) in [5, 5.41) is 1.37. The zero-order valence-corrected chi connectivity index (χ0v) is 15.6. The molecule has 0 bridgehead atoms. The van der Waals surface area contributed by atoms with Gasteiger partial charge in [-0.2, -0.15) is 0 Å². The number of carbonyl (C=O) groups excluding carboxylic acids is 1. The lowest BCUT2D eigenvalue weighted by molar-refractivity contribution is -0.114. The van der Waals surface area contributed by atoms with Crippen LogP contribution in [0.25, 0.3) is 11.6 Å². The number of amides is 1. The van der Waals surface area contributed by atoms with Crippen LogP contribution in [-0.4, -0.2) is 19.5 Å². The number of rotatable bonds is 2. The predicted octanol–water partition coefficient (Wildman–Crippen LogP) is 3.88. The summed E-state index contributed by atoms with van der Waals surface area (Å²) in [6.45, 7) is 8.49. The van der Waals surface area contributed by atoms with Crippen LogP contribution in [0.5, 0.6) is 0 Å². The van der Waals surface area contributed by atoms with E-state index in [4.69, 9.17) is 5.73 Å². The van der Waals surface area contributed by atoms with Gasteiger partial charge in [-0.05, 0) is 60.6 Å². The molecule has 4 heteroatoms. The van der Waals surface area contributed by atoms with Gasteiger partial charge in [0.1, 0.15) is 5.82 Å². The third-order valence-electron chi connectivity index (χ3n) is 4.88. The fraction of sp³-hybridized carbons (Fsp3) is 0.300. The molecular weight excluding hydrogens is 317 g/mol. The molecule has 2 aliphatic carbocycles. The second-order valence-corrected chi connectivity index (χ2v) is 9.42. The van der Waals surface area contributed by atoms with Crippen molar-refractivity contribution in [1.29, 1.82) is 0 Å². The molecule has 1 aromatic carbocycles. The predicted molar refractivity (Wildman–Crippen MR) is 101 cm³/mol. The van der Waals surface area contributed by atoms with Gasteiger partial charge in [-0.15, -0.1) is 0 Å². The highest BCUT2D eigenvalue weighted by Crippen LogP contribution is 2.38. The lowest BCUT2D eigenvalue weighted by atomic mass is 9.84. The molecule has 2 aliphatic rings. The standard InChI is InChI=1S/C20H22FNOSi/c1-11-9-15-14(5-7-17(21)16(15)10-11)19-12(2)13(20(22)23)6-8-18(19)24(3)4/h5-7,9H,8,10H2,1-4H3,(H2,22,23). The van der Waals surface area contributed by atoms with Crippen molar-refractivity contribution in [3.63, 3.8) is 0 Å². The van der Waals surface area contributed by atoms with Crippen molar-refractivity contribution >= 4 is 31.1 Å².